The van der Waals surface area contributed by atoms with Gasteiger partial charge in [-0.05, 0) is 23.3 Å². The minimum atomic E-state index is -0.422. The highest BCUT2D eigenvalue weighted by atomic mass is 32.2. The molecule has 0 atom stereocenters. The standard InChI is InChI=1S/C26H21N5O3S/c32-22(15-18-9-3-1-4-10-18)27-23(33)17-35-26-29-28-25-30(16-19-11-5-2-6-12-19)24(34)20-13-7-8-14-21(20)31(25)26/h1-14H,15-17H2,(H,27,32,33). The number of para-hydroxylation sites is 1. The van der Waals surface area contributed by atoms with E-state index in [1.807, 2.05) is 78.9 Å². The smallest absolute Gasteiger partial charge is 0.263 e. The molecule has 0 aliphatic carbocycles. The number of hydrogen-bond donors (Lipinski definition) is 1. The summed E-state index contributed by atoms with van der Waals surface area (Å²) in [6.45, 7) is 0.339. The number of benzene rings is 3. The molecule has 0 aliphatic rings. The van der Waals surface area contributed by atoms with Crippen LogP contribution in [0.4, 0.5) is 0 Å². The van der Waals surface area contributed by atoms with Crippen LogP contribution in [0, 0.1) is 0 Å². The van der Waals surface area contributed by atoms with Crippen molar-refractivity contribution in [1.29, 1.82) is 0 Å². The Labute approximate surface area is 204 Å². The molecule has 9 heteroatoms. The van der Waals surface area contributed by atoms with Crippen molar-refractivity contribution in [2.45, 2.75) is 18.1 Å². The zero-order chi connectivity index (χ0) is 24.2. The quantitative estimate of drug-likeness (QED) is 0.357. The van der Waals surface area contributed by atoms with Gasteiger partial charge in [0, 0.05) is 0 Å². The summed E-state index contributed by atoms with van der Waals surface area (Å²) in [7, 11) is 0. The first-order chi connectivity index (χ1) is 17.1. The van der Waals surface area contributed by atoms with E-state index in [9.17, 15) is 14.4 Å². The van der Waals surface area contributed by atoms with Crippen molar-refractivity contribution in [1.82, 2.24) is 24.5 Å². The number of carbonyl (C=O) groups excluding carboxylic acids is 2. The highest BCUT2D eigenvalue weighted by molar-refractivity contribution is 7.99. The first-order valence-corrected chi connectivity index (χ1v) is 12.0. The van der Waals surface area contributed by atoms with Gasteiger partial charge < -0.3 is 0 Å². The van der Waals surface area contributed by atoms with Crippen LogP contribution in [-0.4, -0.2) is 36.7 Å². The Hall–Kier alpha value is -4.24. The van der Waals surface area contributed by atoms with Crippen molar-refractivity contribution < 1.29 is 9.59 Å². The minimum absolute atomic E-state index is 0.0204. The molecule has 0 saturated carbocycles. The molecule has 0 fully saturated rings. The van der Waals surface area contributed by atoms with E-state index in [2.05, 4.69) is 15.5 Å². The van der Waals surface area contributed by atoms with Gasteiger partial charge in [0.25, 0.3) is 5.56 Å². The number of nitrogens with one attached hydrogen (secondary N) is 1. The zero-order valence-electron chi connectivity index (χ0n) is 18.6. The van der Waals surface area contributed by atoms with Crippen LogP contribution in [0.15, 0.2) is 94.9 Å². The van der Waals surface area contributed by atoms with E-state index in [1.54, 1.807) is 15.0 Å². The maximum Gasteiger partial charge on any atom is 0.263 e. The van der Waals surface area contributed by atoms with Crippen LogP contribution in [0.2, 0.25) is 0 Å². The molecule has 8 nitrogen and oxygen atoms in total. The fraction of sp³-hybridized carbons (Fsp3) is 0.115. The molecule has 0 radical (unpaired) electrons. The second kappa shape index (κ2) is 9.94. The van der Waals surface area contributed by atoms with Gasteiger partial charge in [0.15, 0.2) is 5.16 Å². The van der Waals surface area contributed by atoms with Crippen LogP contribution in [0.3, 0.4) is 0 Å². The number of amides is 2. The normalized spacial score (nSPS) is 11.1. The van der Waals surface area contributed by atoms with Crippen molar-refractivity contribution >= 4 is 40.3 Å². The van der Waals surface area contributed by atoms with Gasteiger partial charge in [-0.2, -0.15) is 0 Å². The van der Waals surface area contributed by atoms with E-state index in [1.165, 1.54) is 0 Å². The highest BCUT2D eigenvalue weighted by Gasteiger charge is 2.18. The molecular formula is C26H21N5O3S. The van der Waals surface area contributed by atoms with E-state index in [-0.39, 0.29) is 23.6 Å². The Balaban J connectivity index is 1.40. The number of nitrogens with zero attached hydrogens (tertiary/aromatic N) is 4. The molecule has 0 bridgehead atoms. The number of fused-ring (bicyclic) bond motifs is 3. The van der Waals surface area contributed by atoms with Crippen LogP contribution in [0.1, 0.15) is 11.1 Å². The number of thioether (sulfide) groups is 1. The Morgan fingerprint density at radius 2 is 1.46 bits per heavy atom. The topological polar surface area (TPSA) is 98.4 Å². The molecule has 174 valence electrons. The van der Waals surface area contributed by atoms with E-state index in [0.717, 1.165) is 22.9 Å². The van der Waals surface area contributed by atoms with Crippen molar-refractivity contribution in [2.75, 3.05) is 5.75 Å². The first kappa shape index (κ1) is 22.5. The lowest BCUT2D eigenvalue weighted by molar-refractivity contribution is -0.128. The minimum Gasteiger partial charge on any atom is -0.295 e. The molecule has 2 aromatic heterocycles. The second-order valence-electron chi connectivity index (χ2n) is 7.93. The molecule has 5 aromatic rings. The summed E-state index contributed by atoms with van der Waals surface area (Å²) in [5, 5.41) is 11.9. The van der Waals surface area contributed by atoms with Gasteiger partial charge in [-0.1, -0.05) is 84.6 Å². The van der Waals surface area contributed by atoms with Gasteiger partial charge >= 0.3 is 0 Å². The van der Waals surface area contributed by atoms with E-state index in [0.29, 0.717) is 28.4 Å². The summed E-state index contributed by atoms with van der Waals surface area (Å²) in [6.07, 6.45) is 0.126. The van der Waals surface area contributed by atoms with E-state index in [4.69, 9.17) is 0 Å². The first-order valence-electron chi connectivity index (χ1n) is 11.0. The molecule has 35 heavy (non-hydrogen) atoms. The lowest BCUT2D eigenvalue weighted by Crippen LogP contribution is -2.33. The van der Waals surface area contributed by atoms with Crippen molar-refractivity contribution in [3.05, 3.63) is 106 Å². The molecule has 1 N–H and O–H groups in total. The third-order valence-corrected chi connectivity index (χ3v) is 6.41. The lowest BCUT2D eigenvalue weighted by Gasteiger charge is -2.11. The largest absolute Gasteiger partial charge is 0.295 e. The Morgan fingerprint density at radius 3 is 2.20 bits per heavy atom. The van der Waals surface area contributed by atoms with Gasteiger partial charge in [0.2, 0.25) is 17.6 Å². The summed E-state index contributed by atoms with van der Waals surface area (Å²) < 4.78 is 3.36. The SMILES string of the molecule is O=C(CSc1nnc2n(Cc3ccccc3)c(=O)c3ccccc3n12)NC(=O)Cc1ccccc1. The maximum atomic E-state index is 13.3. The molecule has 0 spiro atoms. The molecule has 0 saturated heterocycles. The van der Waals surface area contributed by atoms with E-state index >= 15 is 0 Å². The predicted octanol–water partition coefficient (Wildman–Crippen LogP) is 3.07. The fourth-order valence-corrected chi connectivity index (χ4v) is 4.62. The average Bonchev–Trinajstić information content (AvgIpc) is 3.30. The van der Waals surface area contributed by atoms with Gasteiger partial charge in [0.1, 0.15) is 0 Å². The van der Waals surface area contributed by atoms with Crippen molar-refractivity contribution in [3.8, 4) is 0 Å². The Kier molecular flexibility index (Phi) is 6.40. The van der Waals surface area contributed by atoms with Crippen molar-refractivity contribution in [2.24, 2.45) is 0 Å². The van der Waals surface area contributed by atoms with Crippen LogP contribution >= 0.6 is 11.8 Å². The number of imide groups is 1. The molecule has 5 rings (SSSR count). The van der Waals surface area contributed by atoms with E-state index < -0.39 is 5.91 Å². The van der Waals surface area contributed by atoms with Crippen LogP contribution in [0.5, 0.6) is 0 Å². The van der Waals surface area contributed by atoms with Gasteiger partial charge in [-0.3, -0.25) is 28.7 Å². The Bertz CT molecular complexity index is 1580. The number of aromatic nitrogens is 4. The van der Waals surface area contributed by atoms with Crippen molar-refractivity contribution in [3.63, 3.8) is 0 Å². The third-order valence-electron chi connectivity index (χ3n) is 5.48. The molecule has 0 unspecified atom stereocenters. The summed E-state index contributed by atoms with van der Waals surface area (Å²) in [6, 6.07) is 26.1. The number of hydrogen-bond acceptors (Lipinski definition) is 6. The summed E-state index contributed by atoms with van der Waals surface area (Å²) in [4.78, 5) is 37.9. The zero-order valence-corrected chi connectivity index (χ0v) is 19.4. The second-order valence-corrected chi connectivity index (χ2v) is 8.88. The monoisotopic (exact) mass is 483 g/mol. The predicted molar refractivity (Wildman–Crippen MR) is 134 cm³/mol. The van der Waals surface area contributed by atoms with Crippen LogP contribution < -0.4 is 10.9 Å². The van der Waals surface area contributed by atoms with Gasteiger partial charge in [-0.15, -0.1) is 10.2 Å². The number of rotatable bonds is 7. The fourth-order valence-electron chi connectivity index (χ4n) is 3.88. The molecule has 0 aliphatic heterocycles. The maximum absolute atomic E-state index is 13.3. The van der Waals surface area contributed by atoms with Gasteiger partial charge in [-0.25, -0.2) is 0 Å². The average molecular weight is 484 g/mol. The van der Waals surface area contributed by atoms with Gasteiger partial charge in [0.05, 0.1) is 29.6 Å². The molecule has 2 heterocycles. The molecule has 3 aromatic carbocycles. The van der Waals surface area contributed by atoms with Crippen LogP contribution in [0.25, 0.3) is 16.7 Å². The summed E-state index contributed by atoms with van der Waals surface area (Å²) >= 11 is 1.16. The van der Waals surface area contributed by atoms with Crippen LogP contribution in [-0.2, 0) is 22.6 Å². The third kappa shape index (κ3) is 4.85. The number of carbonyl (C=O) groups is 2. The summed E-state index contributed by atoms with van der Waals surface area (Å²) in [5.41, 5.74) is 2.28. The Morgan fingerprint density at radius 1 is 0.800 bits per heavy atom. The molecular weight excluding hydrogens is 462 g/mol. The molecule has 2 amide bonds. The summed E-state index contributed by atoms with van der Waals surface area (Å²) in [5.74, 6) is -0.418. The lowest BCUT2D eigenvalue weighted by atomic mass is 10.1. The highest BCUT2D eigenvalue weighted by Crippen LogP contribution is 2.22.